The Bertz CT molecular complexity index is 332. The highest BCUT2D eigenvalue weighted by Crippen LogP contribution is 2.12. The SMILES string of the molecule is S=C1C=Cc2cnnnc2C1. The molecule has 1 aromatic heterocycles. The largest absolute Gasteiger partial charge is 0.138 e. The lowest BCUT2D eigenvalue weighted by Gasteiger charge is -2.06. The van der Waals surface area contributed by atoms with Crippen molar-refractivity contribution < 1.29 is 0 Å². The van der Waals surface area contributed by atoms with Crippen LogP contribution < -0.4 is 0 Å². The van der Waals surface area contributed by atoms with Crippen molar-refractivity contribution in [2.24, 2.45) is 0 Å². The zero-order chi connectivity index (χ0) is 7.68. The fraction of sp³-hybridized carbons (Fsp3) is 0.143. The van der Waals surface area contributed by atoms with Crippen LogP contribution in [0.3, 0.4) is 0 Å². The monoisotopic (exact) mass is 163 g/mol. The lowest BCUT2D eigenvalue weighted by molar-refractivity contribution is 0.826. The molecule has 0 aromatic carbocycles. The molecule has 0 N–H and O–H groups in total. The second-order valence-corrected chi connectivity index (χ2v) is 2.84. The lowest BCUT2D eigenvalue weighted by Crippen LogP contribution is -2.07. The van der Waals surface area contributed by atoms with Gasteiger partial charge in [0.1, 0.15) is 0 Å². The molecule has 0 saturated carbocycles. The minimum absolute atomic E-state index is 0.719. The predicted molar refractivity (Wildman–Crippen MR) is 45.2 cm³/mol. The third kappa shape index (κ3) is 1.17. The molecule has 1 aromatic rings. The van der Waals surface area contributed by atoms with Gasteiger partial charge in [0.2, 0.25) is 0 Å². The van der Waals surface area contributed by atoms with Gasteiger partial charge >= 0.3 is 0 Å². The minimum Gasteiger partial charge on any atom is -0.138 e. The Labute approximate surface area is 69.2 Å². The maximum absolute atomic E-state index is 5.01. The maximum Gasteiger partial charge on any atom is 0.0789 e. The molecule has 2 rings (SSSR count). The van der Waals surface area contributed by atoms with Crippen molar-refractivity contribution in [3.63, 3.8) is 0 Å². The van der Waals surface area contributed by atoms with Crippen LogP contribution in [0.4, 0.5) is 0 Å². The molecule has 0 saturated heterocycles. The molecule has 0 atom stereocenters. The van der Waals surface area contributed by atoms with Crippen molar-refractivity contribution in [3.05, 3.63) is 23.5 Å². The van der Waals surface area contributed by atoms with Gasteiger partial charge in [-0.2, -0.15) is 0 Å². The van der Waals surface area contributed by atoms with Crippen LogP contribution in [-0.2, 0) is 6.42 Å². The van der Waals surface area contributed by atoms with Crippen LogP contribution in [0.2, 0.25) is 0 Å². The van der Waals surface area contributed by atoms with E-state index < -0.39 is 0 Å². The summed E-state index contributed by atoms with van der Waals surface area (Å²) in [5.74, 6) is 0. The van der Waals surface area contributed by atoms with Crippen molar-refractivity contribution >= 4 is 23.2 Å². The first-order valence-corrected chi connectivity index (χ1v) is 3.65. The van der Waals surface area contributed by atoms with Crippen molar-refractivity contribution in [2.45, 2.75) is 6.42 Å². The first kappa shape index (κ1) is 6.54. The number of aromatic nitrogens is 3. The maximum atomic E-state index is 5.01. The minimum atomic E-state index is 0.719. The molecule has 0 fully saturated rings. The molecule has 1 heterocycles. The summed E-state index contributed by atoms with van der Waals surface area (Å²) >= 11 is 5.01. The quantitative estimate of drug-likeness (QED) is 0.530. The average molecular weight is 163 g/mol. The van der Waals surface area contributed by atoms with Gasteiger partial charge in [-0.25, -0.2) is 0 Å². The molecule has 0 unspecified atom stereocenters. The Kier molecular flexibility index (Phi) is 1.47. The molecule has 3 nitrogen and oxygen atoms in total. The molecule has 1 aliphatic carbocycles. The van der Waals surface area contributed by atoms with E-state index in [-0.39, 0.29) is 0 Å². The highest BCUT2D eigenvalue weighted by Gasteiger charge is 2.08. The summed E-state index contributed by atoms with van der Waals surface area (Å²) in [5.41, 5.74) is 1.95. The fourth-order valence-electron chi connectivity index (χ4n) is 0.983. The van der Waals surface area contributed by atoms with E-state index in [4.69, 9.17) is 12.2 Å². The summed E-state index contributed by atoms with van der Waals surface area (Å²) in [6.45, 7) is 0. The van der Waals surface area contributed by atoms with Gasteiger partial charge in [-0.1, -0.05) is 18.3 Å². The molecule has 0 amide bonds. The van der Waals surface area contributed by atoms with E-state index >= 15 is 0 Å². The second-order valence-electron chi connectivity index (χ2n) is 2.31. The van der Waals surface area contributed by atoms with Gasteiger partial charge in [0.25, 0.3) is 0 Å². The van der Waals surface area contributed by atoms with Crippen molar-refractivity contribution in [3.8, 4) is 0 Å². The van der Waals surface area contributed by atoms with Crippen LogP contribution in [0.5, 0.6) is 0 Å². The normalized spacial score (nSPS) is 14.7. The Morgan fingerprint density at radius 2 is 2.27 bits per heavy atom. The van der Waals surface area contributed by atoms with Gasteiger partial charge in [0.15, 0.2) is 0 Å². The topological polar surface area (TPSA) is 38.7 Å². The van der Waals surface area contributed by atoms with Crippen molar-refractivity contribution in [1.82, 2.24) is 15.4 Å². The van der Waals surface area contributed by atoms with Gasteiger partial charge in [0, 0.05) is 16.8 Å². The first-order chi connectivity index (χ1) is 5.36. The van der Waals surface area contributed by atoms with E-state index in [9.17, 15) is 0 Å². The summed E-state index contributed by atoms with van der Waals surface area (Å²) < 4.78 is 0. The molecule has 4 heteroatoms. The fourth-order valence-corrected chi connectivity index (χ4v) is 1.19. The van der Waals surface area contributed by atoms with E-state index in [1.54, 1.807) is 6.20 Å². The van der Waals surface area contributed by atoms with E-state index in [1.165, 1.54) is 0 Å². The summed E-state index contributed by atoms with van der Waals surface area (Å²) in [6.07, 6.45) is 6.24. The zero-order valence-corrected chi connectivity index (χ0v) is 6.51. The standard InChI is InChI=1S/C7H5N3S/c11-6-2-1-5-4-8-10-9-7(5)3-6/h1-2,4H,3H2. The molecule has 0 radical (unpaired) electrons. The Balaban J connectivity index is 2.54. The van der Waals surface area contributed by atoms with E-state index in [2.05, 4.69) is 15.4 Å². The Morgan fingerprint density at radius 1 is 1.36 bits per heavy atom. The molecular weight excluding hydrogens is 158 g/mol. The van der Waals surface area contributed by atoms with Gasteiger partial charge < -0.3 is 0 Å². The van der Waals surface area contributed by atoms with Crippen LogP contribution in [0.15, 0.2) is 12.3 Å². The number of thiocarbonyl (C=S) groups is 1. The summed E-state index contributed by atoms with van der Waals surface area (Å²) in [6, 6.07) is 0. The highest BCUT2D eigenvalue weighted by molar-refractivity contribution is 7.80. The number of hydrogen-bond donors (Lipinski definition) is 0. The Morgan fingerprint density at radius 3 is 3.18 bits per heavy atom. The predicted octanol–water partition coefficient (Wildman–Crippen LogP) is 0.811. The van der Waals surface area contributed by atoms with Crippen LogP contribution in [-0.4, -0.2) is 20.3 Å². The molecular formula is C7H5N3S. The summed E-state index contributed by atoms with van der Waals surface area (Å²) in [5, 5.41) is 11.1. The number of rotatable bonds is 0. The molecule has 0 aliphatic heterocycles. The van der Waals surface area contributed by atoms with Crippen LogP contribution in [0.1, 0.15) is 11.3 Å². The number of nitrogens with zero attached hydrogens (tertiary/aromatic N) is 3. The third-order valence-corrected chi connectivity index (χ3v) is 1.82. The lowest BCUT2D eigenvalue weighted by atomic mass is 10.1. The average Bonchev–Trinajstić information content (AvgIpc) is 2.04. The highest BCUT2D eigenvalue weighted by atomic mass is 32.1. The molecule has 0 bridgehead atoms. The van der Waals surface area contributed by atoms with Crippen LogP contribution in [0, 0.1) is 0 Å². The first-order valence-electron chi connectivity index (χ1n) is 3.24. The number of allylic oxidation sites excluding steroid dienone is 1. The van der Waals surface area contributed by atoms with Crippen molar-refractivity contribution in [1.29, 1.82) is 0 Å². The van der Waals surface area contributed by atoms with Crippen LogP contribution in [0.25, 0.3) is 6.08 Å². The van der Waals surface area contributed by atoms with Gasteiger partial charge in [-0.05, 0) is 11.3 Å². The van der Waals surface area contributed by atoms with E-state index in [0.717, 1.165) is 22.5 Å². The Hall–Kier alpha value is -1.16. The van der Waals surface area contributed by atoms with Gasteiger partial charge in [0.05, 0.1) is 11.9 Å². The van der Waals surface area contributed by atoms with E-state index in [1.807, 2.05) is 12.2 Å². The van der Waals surface area contributed by atoms with Gasteiger partial charge in [-0.3, -0.25) is 0 Å². The molecule has 54 valence electrons. The van der Waals surface area contributed by atoms with E-state index in [0.29, 0.717) is 0 Å². The number of hydrogen-bond acceptors (Lipinski definition) is 4. The molecule has 0 spiro atoms. The van der Waals surface area contributed by atoms with Crippen LogP contribution >= 0.6 is 12.2 Å². The summed E-state index contributed by atoms with van der Waals surface area (Å²) in [4.78, 5) is 0.901. The zero-order valence-electron chi connectivity index (χ0n) is 5.69. The second kappa shape index (κ2) is 2.47. The smallest absolute Gasteiger partial charge is 0.0789 e. The number of fused-ring (bicyclic) bond motifs is 1. The van der Waals surface area contributed by atoms with Gasteiger partial charge in [-0.15, -0.1) is 10.2 Å². The van der Waals surface area contributed by atoms with Crippen molar-refractivity contribution in [2.75, 3.05) is 0 Å². The summed E-state index contributed by atoms with van der Waals surface area (Å²) in [7, 11) is 0. The molecule has 1 aliphatic rings. The molecule has 11 heavy (non-hydrogen) atoms. The third-order valence-electron chi connectivity index (χ3n) is 1.54.